The van der Waals surface area contributed by atoms with Gasteiger partial charge in [0.15, 0.2) is 0 Å². The lowest BCUT2D eigenvalue weighted by molar-refractivity contribution is -0.150. The summed E-state index contributed by atoms with van der Waals surface area (Å²) in [7, 11) is 0. The molecule has 28 heavy (non-hydrogen) atoms. The van der Waals surface area contributed by atoms with E-state index in [0.29, 0.717) is 16.3 Å². The molecule has 0 saturated heterocycles. The first-order valence-electron chi connectivity index (χ1n) is 8.58. The number of esters is 2. The molecule has 1 atom stereocenters. The minimum Gasteiger partial charge on any atom is -0.463 e. The van der Waals surface area contributed by atoms with Gasteiger partial charge in [0.05, 0.1) is 6.61 Å². The molecule has 0 saturated carbocycles. The molecule has 0 aromatic heterocycles. The highest BCUT2D eigenvalue weighted by Gasteiger charge is 2.24. The maximum Gasteiger partial charge on any atom is 0.332 e. The Labute approximate surface area is 168 Å². The van der Waals surface area contributed by atoms with Crippen molar-refractivity contribution in [2.24, 2.45) is 0 Å². The number of halogens is 1. The van der Waals surface area contributed by atoms with Crippen LogP contribution < -0.4 is 5.32 Å². The zero-order valence-electron chi connectivity index (χ0n) is 15.5. The van der Waals surface area contributed by atoms with E-state index in [9.17, 15) is 14.4 Å². The second kappa shape index (κ2) is 10.3. The summed E-state index contributed by atoms with van der Waals surface area (Å²) in [6, 6.07) is 13.6. The van der Waals surface area contributed by atoms with E-state index in [2.05, 4.69) is 5.32 Å². The highest BCUT2D eigenvalue weighted by atomic mass is 35.5. The summed E-state index contributed by atoms with van der Waals surface area (Å²) in [5.41, 5.74) is 1.82. The van der Waals surface area contributed by atoms with Crippen molar-refractivity contribution in [3.05, 3.63) is 76.8 Å². The Morgan fingerprint density at radius 1 is 1.07 bits per heavy atom. The lowest BCUT2D eigenvalue weighted by Crippen LogP contribution is -2.25. The molecule has 0 aliphatic carbocycles. The van der Waals surface area contributed by atoms with E-state index in [1.54, 1.807) is 55.5 Å². The Bertz CT molecular complexity index is 880. The van der Waals surface area contributed by atoms with Gasteiger partial charge in [-0.25, -0.2) is 9.59 Å². The van der Waals surface area contributed by atoms with Crippen molar-refractivity contribution in [3.8, 4) is 0 Å². The minimum absolute atomic E-state index is 0.187. The molecule has 1 amide bonds. The number of carbonyl (C=O) groups excluding carboxylic acids is 3. The number of hydrogen-bond donors (Lipinski definition) is 1. The van der Waals surface area contributed by atoms with Gasteiger partial charge >= 0.3 is 11.9 Å². The fourth-order valence-electron chi connectivity index (χ4n) is 2.26. The van der Waals surface area contributed by atoms with Crippen LogP contribution in [0.15, 0.2) is 60.7 Å². The molecule has 7 heteroatoms. The first kappa shape index (κ1) is 21.2. The summed E-state index contributed by atoms with van der Waals surface area (Å²) in [6.07, 6.45) is 0.663. The van der Waals surface area contributed by atoms with E-state index in [-0.39, 0.29) is 6.61 Å². The molecule has 0 aliphatic heterocycles. The summed E-state index contributed by atoms with van der Waals surface area (Å²) < 4.78 is 9.98. The van der Waals surface area contributed by atoms with Crippen LogP contribution in [0.25, 0.3) is 0 Å². The van der Waals surface area contributed by atoms with Gasteiger partial charge < -0.3 is 14.8 Å². The number of aryl methyl sites for hydroxylation is 1. The maximum atomic E-state index is 12.7. The largest absolute Gasteiger partial charge is 0.463 e. The molecule has 2 rings (SSSR count). The highest BCUT2D eigenvalue weighted by molar-refractivity contribution is 6.31. The second-order valence-corrected chi connectivity index (χ2v) is 6.17. The van der Waals surface area contributed by atoms with E-state index in [0.717, 1.165) is 17.7 Å². The SMILES string of the molecule is CCOC(=O)/C=C/C(=O)O[C@H](C(=O)Nc1ccc(C)c(Cl)c1)c1ccccc1. The predicted molar refractivity (Wildman–Crippen MR) is 106 cm³/mol. The minimum atomic E-state index is -1.21. The standard InChI is InChI=1S/C21H20ClNO5/c1-3-27-18(24)11-12-19(25)28-20(15-7-5-4-6-8-15)21(26)23-16-10-9-14(2)17(22)13-16/h4-13,20H,3H2,1-2H3,(H,23,26)/b12-11+/t20-/m0/s1. The summed E-state index contributed by atoms with van der Waals surface area (Å²) in [6.45, 7) is 3.68. The van der Waals surface area contributed by atoms with Gasteiger partial charge in [0.25, 0.3) is 5.91 Å². The van der Waals surface area contributed by atoms with Crippen LogP contribution in [-0.2, 0) is 23.9 Å². The van der Waals surface area contributed by atoms with Crippen LogP contribution in [0.3, 0.4) is 0 Å². The molecule has 0 bridgehead atoms. The van der Waals surface area contributed by atoms with Gasteiger partial charge in [-0.1, -0.05) is 48.0 Å². The van der Waals surface area contributed by atoms with Crippen molar-refractivity contribution < 1.29 is 23.9 Å². The van der Waals surface area contributed by atoms with Crippen LogP contribution in [0.5, 0.6) is 0 Å². The fourth-order valence-corrected chi connectivity index (χ4v) is 2.44. The smallest absolute Gasteiger partial charge is 0.332 e. The molecular formula is C21H20ClNO5. The molecule has 1 N–H and O–H groups in total. The zero-order valence-corrected chi connectivity index (χ0v) is 16.2. The molecular weight excluding hydrogens is 382 g/mol. The normalized spacial score (nSPS) is 11.7. The number of hydrogen-bond acceptors (Lipinski definition) is 5. The van der Waals surface area contributed by atoms with Crippen LogP contribution in [-0.4, -0.2) is 24.5 Å². The van der Waals surface area contributed by atoms with Gasteiger partial charge in [0.2, 0.25) is 6.10 Å². The average Bonchev–Trinajstić information content (AvgIpc) is 2.68. The molecule has 0 aliphatic rings. The van der Waals surface area contributed by atoms with Gasteiger partial charge in [-0.15, -0.1) is 0 Å². The average molecular weight is 402 g/mol. The van der Waals surface area contributed by atoms with Crippen LogP contribution in [0.4, 0.5) is 5.69 Å². The number of ether oxygens (including phenoxy) is 2. The lowest BCUT2D eigenvalue weighted by Gasteiger charge is -2.17. The number of benzene rings is 2. The molecule has 0 spiro atoms. The van der Waals surface area contributed by atoms with Crippen molar-refractivity contribution in [2.45, 2.75) is 20.0 Å². The van der Waals surface area contributed by atoms with Gasteiger partial charge in [-0.05, 0) is 31.5 Å². The first-order valence-corrected chi connectivity index (χ1v) is 8.96. The quantitative estimate of drug-likeness (QED) is 0.560. The summed E-state index contributed by atoms with van der Waals surface area (Å²) >= 11 is 6.09. The van der Waals surface area contributed by atoms with Gasteiger partial charge in [-0.3, -0.25) is 4.79 Å². The Hall–Kier alpha value is -3.12. The van der Waals surface area contributed by atoms with E-state index in [4.69, 9.17) is 21.1 Å². The zero-order chi connectivity index (χ0) is 20.5. The van der Waals surface area contributed by atoms with Crippen LogP contribution >= 0.6 is 11.6 Å². The third kappa shape index (κ3) is 6.25. The van der Waals surface area contributed by atoms with Gasteiger partial charge in [0, 0.05) is 28.4 Å². The van der Waals surface area contributed by atoms with Crippen molar-refractivity contribution in [2.75, 3.05) is 11.9 Å². The number of carbonyl (C=O) groups is 3. The molecule has 2 aromatic carbocycles. The molecule has 0 radical (unpaired) electrons. The third-order valence-electron chi connectivity index (χ3n) is 3.66. The number of nitrogens with one attached hydrogen (secondary N) is 1. The Morgan fingerprint density at radius 3 is 2.39 bits per heavy atom. The van der Waals surface area contributed by atoms with Crippen molar-refractivity contribution in [1.82, 2.24) is 0 Å². The Kier molecular flexibility index (Phi) is 7.77. The Morgan fingerprint density at radius 2 is 1.75 bits per heavy atom. The van der Waals surface area contributed by atoms with Gasteiger partial charge in [0.1, 0.15) is 0 Å². The monoisotopic (exact) mass is 401 g/mol. The first-order chi connectivity index (χ1) is 13.4. The van der Waals surface area contributed by atoms with Crippen LogP contribution in [0.1, 0.15) is 24.2 Å². The molecule has 0 heterocycles. The lowest BCUT2D eigenvalue weighted by atomic mass is 10.1. The van der Waals surface area contributed by atoms with Gasteiger partial charge in [-0.2, -0.15) is 0 Å². The highest BCUT2D eigenvalue weighted by Crippen LogP contribution is 2.23. The fraction of sp³-hybridized carbons (Fsp3) is 0.190. The molecule has 0 unspecified atom stereocenters. The summed E-state index contributed by atoms with van der Waals surface area (Å²) in [5, 5.41) is 3.19. The third-order valence-corrected chi connectivity index (χ3v) is 4.06. The topological polar surface area (TPSA) is 81.7 Å². The predicted octanol–water partition coefficient (Wildman–Crippen LogP) is 3.99. The maximum absolute atomic E-state index is 12.7. The summed E-state index contributed by atoms with van der Waals surface area (Å²) in [4.78, 5) is 36.1. The van der Waals surface area contributed by atoms with E-state index in [1.165, 1.54) is 0 Å². The second-order valence-electron chi connectivity index (χ2n) is 5.77. The van der Waals surface area contributed by atoms with E-state index in [1.807, 2.05) is 6.92 Å². The summed E-state index contributed by atoms with van der Waals surface area (Å²) in [5.74, 6) is -2.07. The van der Waals surface area contributed by atoms with E-state index < -0.39 is 23.9 Å². The molecule has 0 fully saturated rings. The van der Waals surface area contributed by atoms with Crippen molar-refractivity contribution in [1.29, 1.82) is 0 Å². The van der Waals surface area contributed by atoms with Crippen molar-refractivity contribution in [3.63, 3.8) is 0 Å². The molecule has 146 valence electrons. The number of anilines is 1. The molecule has 6 nitrogen and oxygen atoms in total. The van der Waals surface area contributed by atoms with Crippen LogP contribution in [0.2, 0.25) is 5.02 Å². The van der Waals surface area contributed by atoms with Crippen LogP contribution in [0, 0.1) is 6.92 Å². The molecule has 2 aromatic rings. The number of amides is 1. The number of rotatable bonds is 7. The van der Waals surface area contributed by atoms with E-state index >= 15 is 0 Å². The van der Waals surface area contributed by atoms with Crippen molar-refractivity contribution >= 4 is 35.1 Å². The Balaban J connectivity index is 2.17.